The van der Waals surface area contributed by atoms with E-state index in [0.717, 1.165) is 39.9 Å². The third-order valence-corrected chi connectivity index (χ3v) is 6.03. The quantitative estimate of drug-likeness (QED) is 0.434. The summed E-state index contributed by atoms with van der Waals surface area (Å²) in [4.78, 5) is 23.5. The van der Waals surface area contributed by atoms with Gasteiger partial charge in [0.1, 0.15) is 0 Å². The molecule has 0 heterocycles. The third-order valence-electron chi connectivity index (χ3n) is 6.03. The van der Waals surface area contributed by atoms with Crippen LogP contribution < -0.4 is 11.1 Å². The Bertz CT molecular complexity index is 1230. The number of nitrogens with one attached hydrogen (secondary N) is 1. The summed E-state index contributed by atoms with van der Waals surface area (Å²) < 4.78 is 0. The minimum atomic E-state index is -0.378. The van der Waals surface area contributed by atoms with E-state index >= 15 is 0 Å². The molecule has 0 bridgehead atoms. The van der Waals surface area contributed by atoms with Gasteiger partial charge < -0.3 is 11.1 Å². The Hall–Kier alpha value is -3.66. The minimum Gasteiger partial charge on any atom is -0.366 e. The fourth-order valence-electron chi connectivity index (χ4n) is 4.37. The molecule has 1 fully saturated rings. The topological polar surface area (TPSA) is 72.2 Å². The van der Waals surface area contributed by atoms with Crippen molar-refractivity contribution in [2.45, 2.75) is 38.1 Å². The standard InChI is InChI=1S/C17H19NO.C11H9NO/c19-17(18-14-9-2-1-3-10-14)16-12-6-8-13-7-4-5-11-15(13)16;12-11(13)10-7-3-5-8-4-1-2-6-9(8)10/h4-8,11-12,14H,1-3,9-10H2,(H,18,19);1-7H,(H2,12,13). The van der Waals surface area contributed by atoms with Crippen LogP contribution >= 0.6 is 0 Å². The fourth-order valence-corrected chi connectivity index (χ4v) is 4.37. The van der Waals surface area contributed by atoms with Crippen molar-refractivity contribution in [3.05, 3.63) is 96.1 Å². The summed E-state index contributed by atoms with van der Waals surface area (Å²) in [6.45, 7) is 0. The van der Waals surface area contributed by atoms with E-state index in [1.807, 2.05) is 78.9 Å². The molecular formula is C28H28N2O2. The summed E-state index contributed by atoms with van der Waals surface area (Å²) in [5.41, 5.74) is 6.62. The molecular weight excluding hydrogens is 396 g/mol. The summed E-state index contributed by atoms with van der Waals surface area (Å²) in [6, 6.07) is 27.6. The molecule has 4 nitrogen and oxygen atoms in total. The van der Waals surface area contributed by atoms with Crippen molar-refractivity contribution >= 4 is 33.4 Å². The Morgan fingerprint density at radius 1 is 0.656 bits per heavy atom. The largest absolute Gasteiger partial charge is 0.366 e. The van der Waals surface area contributed by atoms with E-state index in [9.17, 15) is 9.59 Å². The number of hydrogen-bond acceptors (Lipinski definition) is 2. The Labute approximate surface area is 188 Å². The van der Waals surface area contributed by atoms with Crippen molar-refractivity contribution in [1.82, 2.24) is 5.32 Å². The number of primary amides is 1. The third kappa shape index (κ3) is 4.97. The molecule has 0 aliphatic heterocycles. The summed E-state index contributed by atoms with van der Waals surface area (Å²) in [5.74, 6) is -0.305. The summed E-state index contributed by atoms with van der Waals surface area (Å²) in [6.07, 6.45) is 6.02. The number of carbonyl (C=O) groups is 2. The molecule has 0 unspecified atom stereocenters. The second-order valence-corrected chi connectivity index (χ2v) is 8.23. The first-order valence-electron chi connectivity index (χ1n) is 11.2. The molecule has 4 aromatic carbocycles. The lowest BCUT2D eigenvalue weighted by atomic mass is 9.95. The van der Waals surface area contributed by atoms with Gasteiger partial charge in [0.15, 0.2) is 0 Å². The molecule has 0 radical (unpaired) electrons. The lowest BCUT2D eigenvalue weighted by Crippen LogP contribution is -2.36. The molecule has 1 saturated carbocycles. The first kappa shape index (κ1) is 21.6. The first-order valence-corrected chi connectivity index (χ1v) is 11.2. The fraction of sp³-hybridized carbons (Fsp3) is 0.214. The monoisotopic (exact) mass is 424 g/mol. The Kier molecular flexibility index (Phi) is 6.81. The molecule has 0 atom stereocenters. The Balaban J connectivity index is 0.000000165. The predicted octanol–water partition coefficient (Wildman–Crippen LogP) is 5.84. The maximum Gasteiger partial charge on any atom is 0.252 e. The van der Waals surface area contributed by atoms with E-state index in [1.165, 1.54) is 19.3 Å². The molecule has 3 N–H and O–H groups in total. The number of fused-ring (bicyclic) bond motifs is 2. The van der Waals surface area contributed by atoms with E-state index in [1.54, 1.807) is 6.07 Å². The number of rotatable bonds is 3. The van der Waals surface area contributed by atoms with Crippen molar-refractivity contribution in [2.75, 3.05) is 0 Å². The molecule has 4 aromatic rings. The van der Waals surface area contributed by atoms with Gasteiger partial charge in [0.25, 0.3) is 5.91 Å². The number of benzene rings is 4. The highest BCUT2D eigenvalue weighted by Crippen LogP contribution is 2.21. The van der Waals surface area contributed by atoms with Crippen LogP contribution in [0.5, 0.6) is 0 Å². The van der Waals surface area contributed by atoms with E-state index in [2.05, 4.69) is 5.32 Å². The van der Waals surface area contributed by atoms with Crippen LogP contribution in [0.4, 0.5) is 0 Å². The molecule has 32 heavy (non-hydrogen) atoms. The molecule has 0 aromatic heterocycles. The van der Waals surface area contributed by atoms with Crippen LogP contribution in [-0.4, -0.2) is 17.9 Å². The smallest absolute Gasteiger partial charge is 0.252 e. The van der Waals surface area contributed by atoms with E-state index in [4.69, 9.17) is 5.73 Å². The van der Waals surface area contributed by atoms with Gasteiger partial charge in [-0.15, -0.1) is 0 Å². The van der Waals surface area contributed by atoms with Crippen molar-refractivity contribution in [3.63, 3.8) is 0 Å². The van der Waals surface area contributed by atoms with Crippen molar-refractivity contribution < 1.29 is 9.59 Å². The summed E-state index contributed by atoms with van der Waals surface area (Å²) in [5, 5.41) is 7.31. The van der Waals surface area contributed by atoms with Crippen LogP contribution in [0.15, 0.2) is 84.9 Å². The second kappa shape index (κ2) is 10.1. The Morgan fingerprint density at radius 2 is 1.16 bits per heavy atom. The van der Waals surface area contributed by atoms with E-state index < -0.39 is 0 Å². The molecule has 1 aliphatic carbocycles. The lowest BCUT2D eigenvalue weighted by molar-refractivity contribution is 0.0928. The van der Waals surface area contributed by atoms with Gasteiger partial charge in [-0.3, -0.25) is 9.59 Å². The number of hydrogen-bond donors (Lipinski definition) is 2. The maximum absolute atomic E-state index is 12.4. The average Bonchev–Trinajstić information content (AvgIpc) is 2.84. The van der Waals surface area contributed by atoms with Gasteiger partial charge in [-0.05, 0) is 46.5 Å². The minimum absolute atomic E-state index is 0.0729. The molecule has 162 valence electrons. The van der Waals surface area contributed by atoms with Crippen molar-refractivity contribution in [3.8, 4) is 0 Å². The second-order valence-electron chi connectivity index (χ2n) is 8.23. The first-order chi connectivity index (χ1) is 15.6. The summed E-state index contributed by atoms with van der Waals surface area (Å²) in [7, 11) is 0. The van der Waals surface area contributed by atoms with Gasteiger partial charge in [0.2, 0.25) is 5.91 Å². The van der Waals surface area contributed by atoms with Gasteiger partial charge >= 0.3 is 0 Å². The van der Waals surface area contributed by atoms with Gasteiger partial charge in [-0.25, -0.2) is 0 Å². The molecule has 1 aliphatic rings. The van der Waals surface area contributed by atoms with Crippen molar-refractivity contribution in [1.29, 1.82) is 0 Å². The normalized spacial score (nSPS) is 13.9. The van der Waals surface area contributed by atoms with Gasteiger partial charge in [-0.2, -0.15) is 0 Å². The zero-order valence-electron chi connectivity index (χ0n) is 18.1. The van der Waals surface area contributed by atoms with Gasteiger partial charge in [-0.1, -0.05) is 92.1 Å². The van der Waals surface area contributed by atoms with Crippen LogP contribution in [0.25, 0.3) is 21.5 Å². The highest BCUT2D eigenvalue weighted by molar-refractivity contribution is 6.07. The van der Waals surface area contributed by atoms with E-state index in [0.29, 0.717) is 11.6 Å². The zero-order chi connectivity index (χ0) is 22.3. The molecule has 5 rings (SSSR count). The number of amides is 2. The predicted molar refractivity (Wildman–Crippen MR) is 131 cm³/mol. The number of nitrogens with two attached hydrogens (primary N) is 1. The van der Waals surface area contributed by atoms with Gasteiger partial charge in [0.05, 0.1) is 0 Å². The highest BCUT2D eigenvalue weighted by Gasteiger charge is 2.17. The molecule has 2 amide bonds. The van der Waals surface area contributed by atoms with Crippen molar-refractivity contribution in [2.24, 2.45) is 5.73 Å². The van der Waals surface area contributed by atoms with Gasteiger partial charge in [0, 0.05) is 17.2 Å². The molecule has 0 saturated heterocycles. The van der Waals surface area contributed by atoms with Crippen LogP contribution in [0, 0.1) is 0 Å². The van der Waals surface area contributed by atoms with Crippen LogP contribution in [0.3, 0.4) is 0 Å². The van der Waals surface area contributed by atoms with Crippen LogP contribution in [-0.2, 0) is 0 Å². The lowest BCUT2D eigenvalue weighted by Gasteiger charge is -2.23. The molecule has 0 spiro atoms. The maximum atomic E-state index is 12.4. The van der Waals surface area contributed by atoms with Crippen LogP contribution in [0.1, 0.15) is 52.8 Å². The van der Waals surface area contributed by atoms with Crippen LogP contribution in [0.2, 0.25) is 0 Å². The molecule has 4 heteroatoms. The Morgan fingerprint density at radius 3 is 1.75 bits per heavy atom. The average molecular weight is 425 g/mol. The highest BCUT2D eigenvalue weighted by atomic mass is 16.2. The zero-order valence-corrected chi connectivity index (χ0v) is 18.1. The number of carbonyl (C=O) groups excluding carboxylic acids is 2. The SMILES string of the molecule is NC(=O)c1cccc2ccccc12.O=C(NC1CCCCC1)c1cccc2ccccc12. The summed E-state index contributed by atoms with van der Waals surface area (Å²) >= 11 is 0. The van der Waals surface area contributed by atoms with E-state index in [-0.39, 0.29) is 11.8 Å².